The molecule has 1 nitrogen and oxygen atoms in total. The second kappa shape index (κ2) is 7.53. The predicted octanol–water partition coefficient (Wildman–Crippen LogP) is 5.05. The first kappa shape index (κ1) is 14.2. The topological polar surface area (TPSA) is 17.1 Å². The van der Waals surface area contributed by atoms with E-state index >= 15 is 0 Å². The van der Waals surface area contributed by atoms with E-state index < -0.39 is 4.70 Å². The van der Waals surface area contributed by atoms with E-state index in [2.05, 4.69) is 44.0 Å². The van der Waals surface area contributed by atoms with Gasteiger partial charge in [-0.1, -0.05) is 33.6 Å². The summed E-state index contributed by atoms with van der Waals surface area (Å²) in [7, 11) is 0. The lowest BCUT2D eigenvalue weighted by Crippen LogP contribution is -2.16. The summed E-state index contributed by atoms with van der Waals surface area (Å²) in [6, 6.07) is 0. The maximum absolute atomic E-state index is 8.98. The predicted molar refractivity (Wildman–Crippen MR) is 63.1 cm³/mol. The first-order valence-electron chi connectivity index (χ1n) is 5.28. The Morgan fingerprint density at radius 2 is 1.50 bits per heavy atom. The fraction of sp³-hybridized carbons (Fsp3) is 0.909. The van der Waals surface area contributed by atoms with Crippen LogP contribution in [0.3, 0.4) is 0 Å². The Balaban J connectivity index is 0.000000364. The average molecular weight is 239 g/mol. The lowest BCUT2D eigenvalue weighted by atomic mass is 9.78. The molecule has 84 valence electrons. The van der Waals surface area contributed by atoms with Gasteiger partial charge in [-0.05, 0) is 53.8 Å². The van der Waals surface area contributed by atoms with Gasteiger partial charge in [0.1, 0.15) is 0 Å². The van der Waals surface area contributed by atoms with Crippen molar-refractivity contribution in [2.45, 2.75) is 46.5 Å². The molecule has 14 heavy (non-hydrogen) atoms. The summed E-state index contributed by atoms with van der Waals surface area (Å²) in [5, 5.41) is 0. The van der Waals surface area contributed by atoms with Crippen molar-refractivity contribution in [2.75, 3.05) is 0 Å². The van der Waals surface area contributed by atoms with Crippen molar-refractivity contribution >= 4 is 27.9 Å². The van der Waals surface area contributed by atoms with Gasteiger partial charge in [0.05, 0.1) is 0 Å². The second-order valence-corrected chi connectivity index (χ2v) is 5.37. The van der Waals surface area contributed by atoms with Crippen molar-refractivity contribution < 1.29 is 4.79 Å². The fourth-order valence-electron chi connectivity index (χ4n) is 1.95. The highest BCUT2D eigenvalue weighted by atomic mass is 35.5. The van der Waals surface area contributed by atoms with E-state index in [9.17, 15) is 0 Å². The van der Waals surface area contributed by atoms with Crippen molar-refractivity contribution in [3.63, 3.8) is 0 Å². The van der Waals surface area contributed by atoms with Crippen LogP contribution in [-0.2, 0) is 0 Å². The molecule has 0 radical (unpaired) electrons. The maximum Gasteiger partial charge on any atom is 0.313 e. The van der Waals surface area contributed by atoms with E-state index in [1.54, 1.807) is 0 Å². The molecule has 0 aromatic rings. The van der Waals surface area contributed by atoms with E-state index in [1.165, 1.54) is 25.7 Å². The molecule has 1 aliphatic rings. The standard InChI is InChI=1S/C10H20.CCl2O/c1-8(2)10-6-4-9(3)5-7-10;2-1(3)4/h8-10H,4-7H2,1-3H3;. The molecule has 0 aliphatic heterocycles. The van der Waals surface area contributed by atoms with Crippen molar-refractivity contribution in [2.24, 2.45) is 17.8 Å². The van der Waals surface area contributed by atoms with Crippen LogP contribution in [0.2, 0.25) is 0 Å². The Bertz CT molecular complexity index is 157. The average Bonchev–Trinajstić information content (AvgIpc) is 2.03. The molecule has 0 heterocycles. The number of halogens is 2. The van der Waals surface area contributed by atoms with Crippen LogP contribution < -0.4 is 0 Å². The molecule has 0 atom stereocenters. The summed E-state index contributed by atoms with van der Waals surface area (Å²) in [6.07, 6.45) is 5.92. The van der Waals surface area contributed by atoms with Crippen LogP contribution in [0.1, 0.15) is 46.5 Å². The zero-order valence-corrected chi connectivity index (χ0v) is 10.7. The number of hydrogen-bond donors (Lipinski definition) is 0. The highest BCUT2D eigenvalue weighted by molar-refractivity contribution is 6.93. The molecule has 0 N–H and O–H groups in total. The van der Waals surface area contributed by atoms with E-state index in [0.29, 0.717) is 0 Å². The van der Waals surface area contributed by atoms with Crippen LogP contribution in [0.4, 0.5) is 4.79 Å². The molecular formula is C11H20Cl2O. The fourth-order valence-corrected chi connectivity index (χ4v) is 1.95. The van der Waals surface area contributed by atoms with Gasteiger partial charge < -0.3 is 0 Å². The molecule has 0 saturated heterocycles. The lowest BCUT2D eigenvalue weighted by molar-refractivity contribution is 0.234. The van der Waals surface area contributed by atoms with Crippen LogP contribution in [-0.4, -0.2) is 4.70 Å². The van der Waals surface area contributed by atoms with Gasteiger partial charge in [0.25, 0.3) is 0 Å². The first-order chi connectivity index (χ1) is 6.43. The van der Waals surface area contributed by atoms with Gasteiger partial charge in [0.2, 0.25) is 0 Å². The highest BCUT2D eigenvalue weighted by Crippen LogP contribution is 2.32. The summed E-state index contributed by atoms with van der Waals surface area (Å²) < 4.78 is -0.889. The molecule has 1 fully saturated rings. The molecule has 1 aliphatic carbocycles. The van der Waals surface area contributed by atoms with E-state index in [1.807, 2.05) is 0 Å². The Kier molecular flexibility index (Phi) is 7.66. The van der Waals surface area contributed by atoms with E-state index in [-0.39, 0.29) is 0 Å². The summed E-state index contributed by atoms with van der Waals surface area (Å²) in [4.78, 5) is 8.98. The Hall–Kier alpha value is 0.250. The van der Waals surface area contributed by atoms with Gasteiger partial charge in [-0.3, -0.25) is 4.79 Å². The monoisotopic (exact) mass is 238 g/mol. The van der Waals surface area contributed by atoms with Crippen molar-refractivity contribution in [3.05, 3.63) is 0 Å². The van der Waals surface area contributed by atoms with Gasteiger partial charge in [0, 0.05) is 0 Å². The van der Waals surface area contributed by atoms with Crippen LogP contribution >= 0.6 is 23.2 Å². The molecule has 0 unspecified atom stereocenters. The van der Waals surface area contributed by atoms with Crippen molar-refractivity contribution in [1.29, 1.82) is 0 Å². The second-order valence-electron chi connectivity index (χ2n) is 4.49. The van der Waals surface area contributed by atoms with Crippen LogP contribution in [0.15, 0.2) is 0 Å². The summed E-state index contributed by atoms with van der Waals surface area (Å²) >= 11 is 8.80. The normalized spacial score (nSPS) is 26.7. The molecular weight excluding hydrogens is 219 g/mol. The highest BCUT2D eigenvalue weighted by Gasteiger charge is 2.19. The van der Waals surface area contributed by atoms with E-state index in [4.69, 9.17) is 4.79 Å². The molecule has 0 amide bonds. The Morgan fingerprint density at radius 1 is 1.14 bits per heavy atom. The molecule has 0 aromatic carbocycles. The van der Waals surface area contributed by atoms with Crippen molar-refractivity contribution in [1.82, 2.24) is 0 Å². The summed E-state index contributed by atoms with van der Waals surface area (Å²) in [5.74, 6) is 2.97. The zero-order chi connectivity index (χ0) is 11.1. The van der Waals surface area contributed by atoms with Gasteiger partial charge in [0.15, 0.2) is 0 Å². The molecule has 3 heteroatoms. The number of carbonyl (C=O) groups excluding carboxylic acids is 1. The third-order valence-electron chi connectivity index (χ3n) is 3.00. The third kappa shape index (κ3) is 7.64. The largest absolute Gasteiger partial charge is 0.313 e. The first-order valence-corrected chi connectivity index (χ1v) is 6.04. The smallest absolute Gasteiger partial charge is 0.262 e. The molecule has 0 aromatic heterocycles. The SMILES string of the molecule is CC1CCC(C(C)C)CC1.O=C(Cl)Cl. The Labute approximate surface area is 97.2 Å². The molecule has 0 bridgehead atoms. The zero-order valence-electron chi connectivity index (χ0n) is 9.22. The number of hydrogen-bond acceptors (Lipinski definition) is 1. The third-order valence-corrected chi connectivity index (χ3v) is 3.00. The van der Waals surface area contributed by atoms with E-state index in [0.717, 1.165) is 17.8 Å². The minimum Gasteiger partial charge on any atom is -0.262 e. The quantitative estimate of drug-likeness (QED) is 0.585. The number of rotatable bonds is 1. The van der Waals surface area contributed by atoms with Gasteiger partial charge >= 0.3 is 4.70 Å². The van der Waals surface area contributed by atoms with Crippen LogP contribution in [0.25, 0.3) is 0 Å². The van der Waals surface area contributed by atoms with Crippen molar-refractivity contribution in [3.8, 4) is 0 Å². The van der Waals surface area contributed by atoms with Crippen LogP contribution in [0, 0.1) is 17.8 Å². The number of carbonyl (C=O) groups is 1. The molecule has 1 rings (SSSR count). The van der Waals surface area contributed by atoms with Gasteiger partial charge in [-0.25, -0.2) is 0 Å². The molecule has 0 spiro atoms. The summed E-state index contributed by atoms with van der Waals surface area (Å²) in [6.45, 7) is 7.11. The Morgan fingerprint density at radius 3 is 1.79 bits per heavy atom. The minimum atomic E-state index is -0.889. The van der Waals surface area contributed by atoms with Crippen LogP contribution in [0.5, 0.6) is 0 Å². The molecule has 1 saturated carbocycles. The van der Waals surface area contributed by atoms with Gasteiger partial charge in [-0.15, -0.1) is 0 Å². The summed E-state index contributed by atoms with van der Waals surface area (Å²) in [5.41, 5.74) is 0. The van der Waals surface area contributed by atoms with Gasteiger partial charge in [-0.2, -0.15) is 0 Å². The maximum atomic E-state index is 8.98. The lowest BCUT2D eigenvalue weighted by Gasteiger charge is -2.28. The minimum absolute atomic E-state index is 0.889.